The van der Waals surface area contributed by atoms with Crippen LogP contribution < -0.4 is 20.3 Å². The maximum atomic E-state index is 12.7. The minimum Gasteiger partial charge on any atom is -0.483 e. The molecule has 7 nitrogen and oxygen atoms in total. The maximum Gasteiger partial charge on any atom is 0.226 e. The zero-order chi connectivity index (χ0) is 28.0. The molecular formula is C32H44N4O3S. The van der Waals surface area contributed by atoms with Crippen molar-refractivity contribution in [2.24, 2.45) is 0 Å². The number of rotatable bonds is 16. The molecule has 1 amide bonds. The van der Waals surface area contributed by atoms with Crippen molar-refractivity contribution in [3.63, 3.8) is 0 Å². The van der Waals surface area contributed by atoms with Crippen molar-refractivity contribution < 1.29 is 14.3 Å². The number of hydrogen-bond donors (Lipinski definition) is 2. The average molecular weight is 565 g/mol. The Morgan fingerprint density at radius 3 is 2.55 bits per heavy atom. The first kappa shape index (κ1) is 30.1. The number of amides is 1. The second-order valence-corrected chi connectivity index (χ2v) is 11.0. The quantitative estimate of drug-likeness (QED) is 0.160. The molecule has 0 unspecified atom stereocenters. The van der Waals surface area contributed by atoms with Crippen molar-refractivity contribution in [3.05, 3.63) is 77.0 Å². The summed E-state index contributed by atoms with van der Waals surface area (Å²) in [5.41, 5.74) is 1.95. The SMILES string of the molecule is CCNCC[C@@H](Oc1ccccc1NCOCCN1CCC(N(C(=O)CC)c2ccccc2)CC1)c1cccs1. The summed E-state index contributed by atoms with van der Waals surface area (Å²) in [6.07, 6.45) is 3.39. The topological polar surface area (TPSA) is 66.1 Å². The molecule has 1 aromatic heterocycles. The van der Waals surface area contributed by atoms with Gasteiger partial charge in [-0.25, -0.2) is 0 Å². The molecule has 1 atom stereocenters. The van der Waals surface area contributed by atoms with Gasteiger partial charge in [-0.2, -0.15) is 0 Å². The molecule has 4 rings (SSSR count). The molecule has 1 fully saturated rings. The molecule has 0 radical (unpaired) electrons. The smallest absolute Gasteiger partial charge is 0.226 e. The van der Waals surface area contributed by atoms with Crippen LogP contribution in [0.25, 0.3) is 0 Å². The zero-order valence-corrected chi connectivity index (χ0v) is 24.7. The van der Waals surface area contributed by atoms with Crippen LogP contribution in [-0.4, -0.2) is 62.9 Å². The second kappa shape index (κ2) is 16.4. The predicted octanol–water partition coefficient (Wildman–Crippen LogP) is 6.16. The van der Waals surface area contributed by atoms with E-state index in [1.54, 1.807) is 11.3 Å². The van der Waals surface area contributed by atoms with E-state index in [-0.39, 0.29) is 18.1 Å². The van der Waals surface area contributed by atoms with Gasteiger partial charge in [-0.15, -0.1) is 11.3 Å². The zero-order valence-electron chi connectivity index (χ0n) is 23.9. The fourth-order valence-electron chi connectivity index (χ4n) is 5.13. The third kappa shape index (κ3) is 8.80. The molecule has 2 aromatic carbocycles. The highest BCUT2D eigenvalue weighted by atomic mass is 32.1. The number of piperidine rings is 1. The molecule has 2 N–H and O–H groups in total. The molecule has 0 aliphatic carbocycles. The first-order valence-electron chi connectivity index (χ1n) is 14.6. The van der Waals surface area contributed by atoms with Gasteiger partial charge >= 0.3 is 0 Å². The Morgan fingerprint density at radius 2 is 1.82 bits per heavy atom. The highest BCUT2D eigenvalue weighted by molar-refractivity contribution is 7.10. The van der Waals surface area contributed by atoms with E-state index in [4.69, 9.17) is 9.47 Å². The summed E-state index contributed by atoms with van der Waals surface area (Å²) >= 11 is 1.73. The number of likely N-dealkylation sites (tertiary alicyclic amines) is 1. The standard InChI is InChI=1S/C32H44N4O3S/c1-3-32(37)36(26-11-6-5-7-12-26)27-17-20-35(21-18-27)22-23-38-25-34-28-13-8-9-14-29(28)39-30(16-19-33-4-2)31-15-10-24-40-31/h5-15,24,27,30,33-34H,3-4,16-23,25H2,1-2H3/t30-/m1/s1. The second-order valence-electron chi connectivity index (χ2n) is 10.0. The Labute approximate surface area is 243 Å². The van der Waals surface area contributed by atoms with E-state index in [0.717, 1.165) is 69.1 Å². The van der Waals surface area contributed by atoms with Gasteiger partial charge in [-0.05, 0) is 61.6 Å². The van der Waals surface area contributed by atoms with Crippen LogP contribution in [-0.2, 0) is 9.53 Å². The van der Waals surface area contributed by atoms with Crippen molar-refractivity contribution in [1.29, 1.82) is 0 Å². The fourth-order valence-corrected chi connectivity index (χ4v) is 5.91. The molecule has 1 aliphatic rings. The lowest BCUT2D eigenvalue weighted by Gasteiger charge is -2.38. The Morgan fingerprint density at radius 1 is 1.05 bits per heavy atom. The average Bonchev–Trinajstić information content (AvgIpc) is 3.54. The van der Waals surface area contributed by atoms with Crippen molar-refractivity contribution in [2.45, 2.75) is 51.7 Å². The van der Waals surface area contributed by atoms with Gasteiger partial charge in [-0.3, -0.25) is 4.79 Å². The van der Waals surface area contributed by atoms with Crippen LogP contribution in [0.1, 0.15) is 50.5 Å². The Hall–Kier alpha value is -2.91. The summed E-state index contributed by atoms with van der Waals surface area (Å²) in [4.78, 5) is 18.4. The van der Waals surface area contributed by atoms with E-state index >= 15 is 0 Å². The predicted molar refractivity (Wildman–Crippen MR) is 165 cm³/mol. The summed E-state index contributed by atoms with van der Waals surface area (Å²) < 4.78 is 12.5. The third-order valence-electron chi connectivity index (χ3n) is 7.29. The van der Waals surface area contributed by atoms with Crippen LogP contribution in [0.5, 0.6) is 5.75 Å². The van der Waals surface area contributed by atoms with E-state index in [9.17, 15) is 4.79 Å². The van der Waals surface area contributed by atoms with Gasteiger partial charge in [0.15, 0.2) is 0 Å². The van der Waals surface area contributed by atoms with Crippen LogP contribution >= 0.6 is 11.3 Å². The van der Waals surface area contributed by atoms with Gasteiger partial charge in [-0.1, -0.05) is 50.2 Å². The first-order valence-corrected chi connectivity index (χ1v) is 15.5. The van der Waals surface area contributed by atoms with Gasteiger partial charge in [0.05, 0.1) is 12.3 Å². The number of nitrogens with one attached hydrogen (secondary N) is 2. The molecule has 2 heterocycles. The van der Waals surface area contributed by atoms with Crippen LogP contribution in [0.15, 0.2) is 72.1 Å². The lowest BCUT2D eigenvalue weighted by molar-refractivity contribution is -0.119. The normalized spacial score (nSPS) is 15.1. The van der Waals surface area contributed by atoms with Gasteiger partial charge in [0.25, 0.3) is 0 Å². The third-order valence-corrected chi connectivity index (χ3v) is 8.26. The summed E-state index contributed by atoms with van der Waals surface area (Å²) in [7, 11) is 0. The largest absolute Gasteiger partial charge is 0.483 e. The van der Waals surface area contributed by atoms with Gasteiger partial charge in [0.1, 0.15) is 18.6 Å². The Bertz CT molecular complexity index is 1120. The van der Waals surface area contributed by atoms with Crippen molar-refractivity contribution in [1.82, 2.24) is 10.2 Å². The van der Waals surface area contributed by atoms with Crippen LogP contribution in [0, 0.1) is 0 Å². The Balaban J connectivity index is 1.21. The number of nitrogens with zero attached hydrogens (tertiary/aromatic N) is 2. The maximum absolute atomic E-state index is 12.7. The summed E-state index contributed by atoms with van der Waals surface area (Å²) in [6.45, 7) is 9.81. The number of benzene rings is 2. The lowest BCUT2D eigenvalue weighted by Crippen LogP contribution is -2.48. The molecule has 40 heavy (non-hydrogen) atoms. The molecule has 8 heteroatoms. The highest BCUT2D eigenvalue weighted by Gasteiger charge is 2.28. The molecule has 1 saturated heterocycles. The number of para-hydroxylation sites is 3. The van der Waals surface area contributed by atoms with Crippen LogP contribution in [0.2, 0.25) is 0 Å². The van der Waals surface area contributed by atoms with Crippen molar-refractivity contribution in [2.75, 3.05) is 56.3 Å². The number of carbonyl (C=O) groups is 1. The monoisotopic (exact) mass is 564 g/mol. The number of carbonyl (C=O) groups excluding carboxylic acids is 1. The number of anilines is 2. The van der Waals surface area contributed by atoms with Crippen LogP contribution in [0.3, 0.4) is 0 Å². The molecular weight excluding hydrogens is 520 g/mol. The summed E-state index contributed by atoms with van der Waals surface area (Å²) in [6, 6.07) is 22.6. The van der Waals surface area contributed by atoms with Crippen molar-refractivity contribution in [3.8, 4) is 5.75 Å². The number of thiophene rings is 1. The van der Waals surface area contributed by atoms with Crippen LogP contribution in [0.4, 0.5) is 11.4 Å². The summed E-state index contributed by atoms with van der Waals surface area (Å²) in [5.74, 6) is 1.04. The fraction of sp³-hybridized carbons (Fsp3) is 0.469. The molecule has 3 aromatic rings. The lowest BCUT2D eigenvalue weighted by atomic mass is 10.0. The minimum absolute atomic E-state index is 0.0104. The Kier molecular flexibility index (Phi) is 12.3. The molecule has 0 bridgehead atoms. The minimum atomic E-state index is 0.0104. The number of ether oxygens (including phenoxy) is 2. The first-order chi connectivity index (χ1) is 19.7. The van der Waals surface area contributed by atoms with Gasteiger partial charge < -0.3 is 29.9 Å². The molecule has 1 aliphatic heterocycles. The molecule has 216 valence electrons. The van der Waals surface area contributed by atoms with Gasteiger partial charge in [0.2, 0.25) is 5.91 Å². The van der Waals surface area contributed by atoms with E-state index in [1.165, 1.54) is 4.88 Å². The van der Waals surface area contributed by atoms with Gasteiger partial charge in [0, 0.05) is 49.1 Å². The summed E-state index contributed by atoms with van der Waals surface area (Å²) in [5, 5.41) is 8.91. The van der Waals surface area contributed by atoms with E-state index in [0.29, 0.717) is 19.8 Å². The molecule has 0 spiro atoms. The van der Waals surface area contributed by atoms with Crippen molar-refractivity contribution >= 4 is 28.6 Å². The highest BCUT2D eigenvalue weighted by Crippen LogP contribution is 2.32. The van der Waals surface area contributed by atoms with E-state index < -0.39 is 0 Å². The number of hydrogen-bond acceptors (Lipinski definition) is 7. The molecule has 0 saturated carbocycles. The van der Waals surface area contributed by atoms with E-state index in [1.807, 2.05) is 66.4 Å². The van der Waals surface area contributed by atoms with E-state index in [2.05, 4.69) is 40.0 Å².